The summed E-state index contributed by atoms with van der Waals surface area (Å²) in [5.74, 6) is -0.402. The summed E-state index contributed by atoms with van der Waals surface area (Å²) in [6.45, 7) is 0.569. The van der Waals surface area contributed by atoms with Crippen LogP contribution in [-0.2, 0) is 21.2 Å². The molecule has 0 spiro atoms. The van der Waals surface area contributed by atoms with Gasteiger partial charge >= 0.3 is 0 Å². The lowest BCUT2D eigenvalue weighted by Gasteiger charge is -2.31. The van der Waals surface area contributed by atoms with Crippen LogP contribution < -0.4 is 5.32 Å². The van der Waals surface area contributed by atoms with Crippen LogP contribution in [0.1, 0.15) is 30.0 Å². The summed E-state index contributed by atoms with van der Waals surface area (Å²) in [6, 6.07) is 13.4. The molecule has 1 saturated heterocycles. The van der Waals surface area contributed by atoms with Gasteiger partial charge in [0.1, 0.15) is 0 Å². The Hall–Kier alpha value is -1.93. The maximum atomic E-state index is 12.8. The summed E-state index contributed by atoms with van der Waals surface area (Å²) in [5, 5.41) is 13.8. The summed E-state index contributed by atoms with van der Waals surface area (Å²) in [4.78, 5) is 13.0. The Morgan fingerprint density at radius 3 is 2.41 bits per heavy atom. The normalized spacial score (nSPS) is 23.0. The first kappa shape index (κ1) is 20.3. The lowest BCUT2D eigenvalue weighted by atomic mass is 9.96. The molecule has 1 aliphatic carbocycles. The van der Waals surface area contributed by atoms with Gasteiger partial charge in [-0.3, -0.25) is 4.79 Å². The maximum absolute atomic E-state index is 12.8. The summed E-state index contributed by atoms with van der Waals surface area (Å²) < 4.78 is 27.0. The molecule has 0 aromatic heterocycles. The predicted octanol–water partition coefficient (Wildman–Crippen LogP) is 2.52. The number of fused-ring (bicyclic) bond motifs is 1. The number of piperidine rings is 1. The molecule has 154 valence electrons. The van der Waals surface area contributed by atoms with Crippen LogP contribution in [0, 0.1) is 5.92 Å². The molecule has 0 saturated carbocycles. The van der Waals surface area contributed by atoms with Crippen molar-refractivity contribution in [3.63, 3.8) is 0 Å². The molecule has 2 N–H and O–H groups in total. The zero-order valence-electron chi connectivity index (χ0n) is 15.8. The van der Waals surface area contributed by atoms with E-state index in [-0.39, 0.29) is 29.8 Å². The molecule has 6 nitrogen and oxygen atoms in total. The Balaban J connectivity index is 1.38. The Bertz CT molecular complexity index is 1000. The highest BCUT2D eigenvalue weighted by atomic mass is 35.5. The topological polar surface area (TPSA) is 86.7 Å². The molecule has 2 aliphatic rings. The van der Waals surface area contributed by atoms with Crippen LogP contribution in [-0.4, -0.2) is 42.9 Å². The number of rotatable bonds is 4. The molecule has 29 heavy (non-hydrogen) atoms. The number of aliphatic hydroxyl groups is 1. The molecule has 0 bridgehead atoms. The lowest BCUT2D eigenvalue weighted by Crippen LogP contribution is -2.44. The molecule has 8 heteroatoms. The minimum absolute atomic E-state index is 0.130. The van der Waals surface area contributed by atoms with Crippen molar-refractivity contribution in [3.8, 4) is 0 Å². The van der Waals surface area contributed by atoms with Crippen molar-refractivity contribution in [2.75, 3.05) is 13.1 Å². The number of hydrogen-bond acceptors (Lipinski definition) is 4. The third-order valence-electron chi connectivity index (χ3n) is 5.78. The maximum Gasteiger partial charge on any atom is 0.243 e. The number of benzene rings is 2. The fraction of sp³-hybridized carbons (Fsp3) is 0.381. The van der Waals surface area contributed by atoms with Gasteiger partial charge in [0.05, 0.1) is 17.0 Å². The third kappa shape index (κ3) is 4.05. The summed E-state index contributed by atoms with van der Waals surface area (Å²) >= 11 is 5.84. The largest absolute Gasteiger partial charge is 0.390 e. The van der Waals surface area contributed by atoms with Crippen molar-refractivity contribution in [2.24, 2.45) is 5.92 Å². The lowest BCUT2D eigenvalue weighted by molar-refractivity contribution is -0.127. The van der Waals surface area contributed by atoms with E-state index in [1.165, 1.54) is 16.4 Å². The molecule has 1 amide bonds. The number of amides is 1. The van der Waals surface area contributed by atoms with Gasteiger partial charge in [-0.05, 0) is 48.2 Å². The zero-order valence-corrected chi connectivity index (χ0v) is 17.4. The first-order chi connectivity index (χ1) is 13.9. The van der Waals surface area contributed by atoms with Gasteiger partial charge in [0.2, 0.25) is 15.9 Å². The van der Waals surface area contributed by atoms with E-state index in [0.29, 0.717) is 24.3 Å². The number of hydrogen-bond donors (Lipinski definition) is 2. The number of carbonyl (C=O) groups is 1. The number of nitrogens with one attached hydrogen (secondary N) is 1. The zero-order chi connectivity index (χ0) is 20.6. The smallest absolute Gasteiger partial charge is 0.243 e. The van der Waals surface area contributed by atoms with Crippen molar-refractivity contribution in [1.29, 1.82) is 0 Å². The molecule has 2 aromatic carbocycles. The number of halogens is 1. The van der Waals surface area contributed by atoms with Crippen LogP contribution in [0.25, 0.3) is 0 Å². The van der Waals surface area contributed by atoms with Gasteiger partial charge in [0, 0.05) is 30.5 Å². The van der Waals surface area contributed by atoms with E-state index in [9.17, 15) is 18.3 Å². The van der Waals surface area contributed by atoms with Crippen LogP contribution in [0.2, 0.25) is 5.02 Å². The first-order valence-corrected chi connectivity index (χ1v) is 11.5. The van der Waals surface area contributed by atoms with E-state index in [2.05, 4.69) is 5.32 Å². The monoisotopic (exact) mass is 434 g/mol. The Kier molecular flexibility index (Phi) is 5.66. The first-order valence-electron chi connectivity index (χ1n) is 9.68. The van der Waals surface area contributed by atoms with Crippen molar-refractivity contribution in [2.45, 2.75) is 36.3 Å². The van der Waals surface area contributed by atoms with Crippen LogP contribution in [0.4, 0.5) is 0 Å². The highest BCUT2D eigenvalue weighted by molar-refractivity contribution is 7.89. The second-order valence-electron chi connectivity index (χ2n) is 7.59. The number of aliphatic hydroxyl groups excluding tert-OH is 1. The predicted molar refractivity (Wildman–Crippen MR) is 110 cm³/mol. The SMILES string of the molecule is O=C(NC1c2ccccc2CC1O)C1CCN(S(=O)(=O)c2ccc(Cl)cc2)CC1. The molecular weight excluding hydrogens is 412 g/mol. The van der Waals surface area contributed by atoms with Gasteiger partial charge in [0.25, 0.3) is 0 Å². The minimum Gasteiger partial charge on any atom is -0.390 e. The summed E-state index contributed by atoms with van der Waals surface area (Å²) in [5.41, 5.74) is 2.00. The van der Waals surface area contributed by atoms with Gasteiger partial charge in [-0.15, -0.1) is 0 Å². The Morgan fingerprint density at radius 2 is 1.72 bits per heavy atom. The molecule has 2 atom stereocenters. The highest BCUT2D eigenvalue weighted by Gasteiger charge is 2.36. The quantitative estimate of drug-likeness (QED) is 0.774. The molecule has 0 radical (unpaired) electrons. The molecular formula is C21H23ClN2O4S. The van der Waals surface area contributed by atoms with E-state index >= 15 is 0 Å². The van der Waals surface area contributed by atoms with Crippen LogP contribution in [0.5, 0.6) is 0 Å². The number of carbonyl (C=O) groups excluding carboxylic acids is 1. The van der Waals surface area contributed by atoms with Gasteiger partial charge in [-0.2, -0.15) is 4.31 Å². The van der Waals surface area contributed by atoms with Crippen LogP contribution >= 0.6 is 11.6 Å². The van der Waals surface area contributed by atoms with Crippen LogP contribution in [0.15, 0.2) is 53.4 Å². The molecule has 1 heterocycles. The fourth-order valence-corrected chi connectivity index (χ4v) is 5.73. The minimum atomic E-state index is -3.60. The fourth-order valence-electron chi connectivity index (χ4n) is 4.13. The van der Waals surface area contributed by atoms with E-state index in [1.807, 2.05) is 24.3 Å². The average Bonchev–Trinajstić information content (AvgIpc) is 3.03. The van der Waals surface area contributed by atoms with Crippen LogP contribution in [0.3, 0.4) is 0 Å². The van der Waals surface area contributed by atoms with E-state index in [0.717, 1.165) is 11.1 Å². The Labute approximate surface area is 175 Å². The standard InChI is InChI=1S/C21H23ClN2O4S/c22-16-5-7-17(8-6-16)29(27,28)24-11-9-14(10-12-24)21(26)23-20-18-4-2-1-3-15(18)13-19(20)25/h1-8,14,19-20,25H,9-13H2,(H,23,26). The Morgan fingerprint density at radius 1 is 1.07 bits per heavy atom. The van der Waals surface area contributed by atoms with E-state index in [1.54, 1.807) is 12.1 Å². The van der Waals surface area contributed by atoms with Crippen molar-refractivity contribution in [3.05, 3.63) is 64.7 Å². The number of nitrogens with zero attached hydrogens (tertiary/aromatic N) is 1. The molecule has 4 rings (SSSR count). The summed E-state index contributed by atoms with van der Waals surface area (Å²) in [6.07, 6.45) is 0.784. The molecule has 2 aromatic rings. The van der Waals surface area contributed by atoms with Gasteiger partial charge < -0.3 is 10.4 Å². The van der Waals surface area contributed by atoms with Gasteiger partial charge in [-0.1, -0.05) is 35.9 Å². The molecule has 1 fully saturated rings. The van der Waals surface area contributed by atoms with Gasteiger partial charge in [0.15, 0.2) is 0 Å². The second kappa shape index (κ2) is 8.07. The van der Waals surface area contributed by atoms with Gasteiger partial charge in [-0.25, -0.2) is 8.42 Å². The van der Waals surface area contributed by atoms with Crippen molar-refractivity contribution in [1.82, 2.24) is 9.62 Å². The van der Waals surface area contributed by atoms with Crippen molar-refractivity contribution >= 4 is 27.5 Å². The molecule has 2 unspecified atom stereocenters. The summed E-state index contributed by atoms with van der Waals surface area (Å²) in [7, 11) is -3.60. The van der Waals surface area contributed by atoms with E-state index < -0.39 is 22.2 Å². The second-order valence-corrected chi connectivity index (χ2v) is 9.96. The van der Waals surface area contributed by atoms with E-state index in [4.69, 9.17) is 11.6 Å². The van der Waals surface area contributed by atoms with Crippen molar-refractivity contribution < 1.29 is 18.3 Å². The average molecular weight is 435 g/mol. The highest BCUT2D eigenvalue weighted by Crippen LogP contribution is 2.32. The molecule has 1 aliphatic heterocycles. The number of sulfonamides is 1. The third-order valence-corrected chi connectivity index (χ3v) is 7.94.